The zero-order valence-electron chi connectivity index (χ0n) is 16.4. The lowest BCUT2D eigenvalue weighted by Crippen LogP contribution is -2.33. The number of hydrogen-bond donors (Lipinski definition) is 1. The van der Waals surface area contributed by atoms with Crippen LogP contribution in [-0.2, 0) is 9.59 Å². The van der Waals surface area contributed by atoms with Crippen molar-refractivity contribution >= 4 is 40.1 Å². The SMILES string of the molecule is C=CCN1C(=O)[C@H](CC(=O)Nc2cccc(OC)c2)SC1=Nc1ccccc1C. The molecule has 0 unspecified atom stereocenters. The molecule has 0 aliphatic carbocycles. The predicted octanol–water partition coefficient (Wildman–Crippen LogP) is 4.15. The van der Waals surface area contributed by atoms with Gasteiger partial charge in [0, 0.05) is 24.7 Å². The number of amidine groups is 1. The Hall–Kier alpha value is -3.06. The highest BCUT2D eigenvalue weighted by molar-refractivity contribution is 8.15. The van der Waals surface area contributed by atoms with Crippen molar-refractivity contribution in [3.05, 3.63) is 66.7 Å². The molecule has 1 aliphatic heterocycles. The summed E-state index contributed by atoms with van der Waals surface area (Å²) in [6.07, 6.45) is 1.71. The van der Waals surface area contributed by atoms with E-state index in [0.29, 0.717) is 23.1 Å². The molecule has 2 aromatic rings. The number of para-hydroxylation sites is 1. The molecular formula is C22H23N3O3S. The van der Waals surface area contributed by atoms with Gasteiger partial charge >= 0.3 is 0 Å². The second-order valence-corrected chi connectivity index (χ2v) is 7.68. The van der Waals surface area contributed by atoms with Crippen molar-refractivity contribution in [1.82, 2.24) is 4.90 Å². The minimum Gasteiger partial charge on any atom is -0.497 e. The van der Waals surface area contributed by atoms with Crippen molar-refractivity contribution in [2.75, 3.05) is 19.0 Å². The molecule has 3 rings (SSSR count). The molecule has 0 spiro atoms. The first kappa shape index (κ1) is 20.7. The van der Waals surface area contributed by atoms with E-state index in [4.69, 9.17) is 4.74 Å². The number of carbonyl (C=O) groups excluding carboxylic acids is 2. The number of ether oxygens (including phenoxy) is 1. The van der Waals surface area contributed by atoms with Crippen LogP contribution in [0.2, 0.25) is 0 Å². The lowest BCUT2D eigenvalue weighted by atomic mass is 10.2. The van der Waals surface area contributed by atoms with Crippen LogP contribution in [0.15, 0.2) is 66.2 Å². The van der Waals surface area contributed by atoms with Crippen LogP contribution in [0.5, 0.6) is 5.75 Å². The molecule has 1 aliphatic rings. The molecule has 2 aromatic carbocycles. The number of aryl methyl sites for hydroxylation is 1. The standard InChI is InChI=1S/C22H23N3O3S/c1-4-12-25-21(27)19(29-22(25)24-18-11-6-5-8-15(18)2)14-20(26)23-16-9-7-10-17(13-16)28-3/h4-11,13,19H,1,12,14H2,2-3H3,(H,23,26)/t19-/m0/s1. The summed E-state index contributed by atoms with van der Waals surface area (Å²) in [7, 11) is 1.57. The smallest absolute Gasteiger partial charge is 0.242 e. The number of nitrogens with one attached hydrogen (secondary N) is 1. The normalized spacial score (nSPS) is 17.4. The number of anilines is 1. The third kappa shape index (κ3) is 5.06. The topological polar surface area (TPSA) is 71.0 Å². The summed E-state index contributed by atoms with van der Waals surface area (Å²) in [6, 6.07) is 14.8. The van der Waals surface area contributed by atoms with Gasteiger partial charge in [0.2, 0.25) is 11.8 Å². The Morgan fingerprint density at radius 2 is 2.10 bits per heavy atom. The van der Waals surface area contributed by atoms with E-state index < -0.39 is 5.25 Å². The highest BCUT2D eigenvalue weighted by atomic mass is 32.2. The maximum atomic E-state index is 12.8. The molecule has 1 N–H and O–H groups in total. The average molecular weight is 410 g/mol. The van der Waals surface area contributed by atoms with E-state index in [0.717, 1.165) is 11.3 Å². The number of hydrogen-bond acceptors (Lipinski definition) is 5. The minimum atomic E-state index is -0.525. The van der Waals surface area contributed by atoms with Crippen LogP contribution in [-0.4, -0.2) is 40.8 Å². The highest BCUT2D eigenvalue weighted by Gasteiger charge is 2.38. The Labute approximate surface area is 174 Å². The fourth-order valence-electron chi connectivity index (χ4n) is 2.90. The number of benzene rings is 2. The summed E-state index contributed by atoms with van der Waals surface area (Å²) in [6.45, 7) is 6.05. The summed E-state index contributed by atoms with van der Waals surface area (Å²) in [4.78, 5) is 31.6. The molecule has 0 aromatic heterocycles. The van der Waals surface area contributed by atoms with Crippen molar-refractivity contribution in [3.63, 3.8) is 0 Å². The summed E-state index contributed by atoms with van der Waals surface area (Å²) in [5.74, 6) is 0.279. The van der Waals surface area contributed by atoms with Crippen molar-refractivity contribution in [3.8, 4) is 5.75 Å². The zero-order valence-corrected chi connectivity index (χ0v) is 17.2. The lowest BCUT2D eigenvalue weighted by Gasteiger charge is -2.14. The number of nitrogens with zero attached hydrogens (tertiary/aromatic N) is 2. The fraction of sp³-hybridized carbons (Fsp3) is 0.227. The molecular weight excluding hydrogens is 386 g/mol. The average Bonchev–Trinajstić information content (AvgIpc) is 2.99. The Morgan fingerprint density at radius 1 is 1.31 bits per heavy atom. The van der Waals surface area contributed by atoms with Gasteiger partial charge in [-0.25, -0.2) is 4.99 Å². The van der Waals surface area contributed by atoms with Crippen LogP contribution < -0.4 is 10.1 Å². The van der Waals surface area contributed by atoms with Gasteiger partial charge in [-0.1, -0.05) is 42.1 Å². The van der Waals surface area contributed by atoms with Crippen LogP contribution in [0.25, 0.3) is 0 Å². The van der Waals surface area contributed by atoms with Crippen LogP contribution in [0, 0.1) is 6.92 Å². The van der Waals surface area contributed by atoms with E-state index in [-0.39, 0.29) is 18.2 Å². The third-order valence-corrected chi connectivity index (χ3v) is 5.56. The van der Waals surface area contributed by atoms with Crippen LogP contribution in [0.1, 0.15) is 12.0 Å². The lowest BCUT2D eigenvalue weighted by molar-refractivity contribution is -0.127. The van der Waals surface area contributed by atoms with Crippen molar-refractivity contribution < 1.29 is 14.3 Å². The second-order valence-electron chi connectivity index (χ2n) is 6.51. The third-order valence-electron chi connectivity index (χ3n) is 4.39. The second kappa shape index (κ2) is 9.43. The summed E-state index contributed by atoms with van der Waals surface area (Å²) in [5, 5.41) is 2.88. The predicted molar refractivity (Wildman–Crippen MR) is 118 cm³/mol. The van der Waals surface area contributed by atoms with Crippen molar-refractivity contribution in [2.45, 2.75) is 18.6 Å². The number of methoxy groups -OCH3 is 1. The first-order valence-electron chi connectivity index (χ1n) is 9.19. The Bertz CT molecular complexity index is 958. The molecule has 6 nitrogen and oxygen atoms in total. The fourth-order valence-corrected chi connectivity index (χ4v) is 4.06. The van der Waals surface area contributed by atoms with Gasteiger partial charge in [-0.2, -0.15) is 0 Å². The van der Waals surface area contributed by atoms with E-state index in [2.05, 4.69) is 16.9 Å². The van der Waals surface area contributed by atoms with Crippen LogP contribution in [0.3, 0.4) is 0 Å². The van der Waals surface area contributed by atoms with Gasteiger partial charge in [0.05, 0.1) is 12.8 Å². The summed E-state index contributed by atoms with van der Waals surface area (Å²) >= 11 is 1.31. The molecule has 29 heavy (non-hydrogen) atoms. The number of aliphatic imine (C=N–C) groups is 1. The number of rotatable bonds is 7. The van der Waals surface area contributed by atoms with Gasteiger partial charge < -0.3 is 10.1 Å². The molecule has 0 saturated carbocycles. The molecule has 1 saturated heterocycles. The van der Waals surface area contributed by atoms with Gasteiger partial charge in [-0.3, -0.25) is 14.5 Å². The Morgan fingerprint density at radius 3 is 2.83 bits per heavy atom. The Kier molecular flexibility index (Phi) is 6.72. The maximum absolute atomic E-state index is 12.8. The van der Waals surface area contributed by atoms with E-state index in [9.17, 15) is 9.59 Å². The number of amides is 2. The molecule has 2 amide bonds. The summed E-state index contributed by atoms with van der Waals surface area (Å²) in [5.41, 5.74) is 2.45. The molecule has 150 valence electrons. The minimum absolute atomic E-state index is 0.0567. The molecule has 0 radical (unpaired) electrons. The molecule has 0 bridgehead atoms. The highest BCUT2D eigenvalue weighted by Crippen LogP contribution is 2.32. The molecule has 1 heterocycles. The van der Waals surface area contributed by atoms with E-state index in [1.807, 2.05) is 31.2 Å². The van der Waals surface area contributed by atoms with Gasteiger partial charge in [0.25, 0.3) is 0 Å². The largest absolute Gasteiger partial charge is 0.497 e. The van der Waals surface area contributed by atoms with Gasteiger partial charge in [0.1, 0.15) is 11.0 Å². The van der Waals surface area contributed by atoms with E-state index >= 15 is 0 Å². The first-order chi connectivity index (χ1) is 14.0. The van der Waals surface area contributed by atoms with Gasteiger partial charge in [-0.15, -0.1) is 6.58 Å². The summed E-state index contributed by atoms with van der Waals surface area (Å²) < 4.78 is 5.17. The molecule has 1 fully saturated rings. The molecule has 1 atom stereocenters. The Balaban J connectivity index is 1.74. The molecule has 7 heteroatoms. The van der Waals surface area contributed by atoms with E-state index in [1.54, 1.807) is 42.4 Å². The van der Waals surface area contributed by atoms with E-state index in [1.165, 1.54) is 11.8 Å². The zero-order chi connectivity index (χ0) is 20.8. The van der Waals surface area contributed by atoms with Gasteiger partial charge in [-0.05, 0) is 30.7 Å². The van der Waals surface area contributed by atoms with Crippen LogP contribution >= 0.6 is 11.8 Å². The monoisotopic (exact) mass is 409 g/mol. The quantitative estimate of drug-likeness (QED) is 0.698. The van der Waals surface area contributed by atoms with Gasteiger partial charge in [0.15, 0.2) is 5.17 Å². The first-order valence-corrected chi connectivity index (χ1v) is 10.1. The maximum Gasteiger partial charge on any atom is 0.242 e. The van der Waals surface area contributed by atoms with Crippen molar-refractivity contribution in [2.24, 2.45) is 4.99 Å². The number of carbonyl (C=O) groups is 2. The van der Waals surface area contributed by atoms with Crippen molar-refractivity contribution in [1.29, 1.82) is 0 Å². The van der Waals surface area contributed by atoms with Crippen LogP contribution in [0.4, 0.5) is 11.4 Å². The number of thioether (sulfide) groups is 1.